The van der Waals surface area contributed by atoms with E-state index in [0.717, 1.165) is 15.8 Å². The fourth-order valence-electron chi connectivity index (χ4n) is 1.77. The molecule has 0 unspecified atom stereocenters. The maximum Gasteiger partial charge on any atom is 0.0112 e. The fraction of sp³-hybridized carbons (Fsp3) is 1.00. The molecule has 0 bridgehead atoms. The van der Waals surface area contributed by atoms with Crippen LogP contribution in [0.3, 0.4) is 0 Å². The van der Waals surface area contributed by atoms with E-state index in [1.54, 1.807) is 0 Å². The molecule has 0 nitrogen and oxygen atoms in total. The number of rotatable bonds is 1. The highest BCUT2D eigenvalue weighted by Crippen LogP contribution is 2.33. The smallest absolute Gasteiger partial charge is 0.0112 e. The SMILES string of the molecule is CC(C)[C@H]1CCC[C@H](I)C1. The minimum atomic E-state index is 0.914. The molecule has 0 radical (unpaired) electrons. The van der Waals surface area contributed by atoms with E-state index in [2.05, 4.69) is 36.4 Å². The van der Waals surface area contributed by atoms with Crippen molar-refractivity contribution in [2.24, 2.45) is 11.8 Å². The lowest BCUT2D eigenvalue weighted by atomic mass is 9.82. The Morgan fingerprint density at radius 1 is 1.30 bits per heavy atom. The summed E-state index contributed by atoms with van der Waals surface area (Å²) in [5.41, 5.74) is 0. The van der Waals surface area contributed by atoms with Crippen LogP contribution in [0.15, 0.2) is 0 Å². The first kappa shape index (κ1) is 8.82. The summed E-state index contributed by atoms with van der Waals surface area (Å²) in [5, 5.41) is 0. The molecule has 2 atom stereocenters. The van der Waals surface area contributed by atoms with Crippen molar-refractivity contribution in [3.05, 3.63) is 0 Å². The highest BCUT2D eigenvalue weighted by molar-refractivity contribution is 14.1. The summed E-state index contributed by atoms with van der Waals surface area (Å²) in [6.45, 7) is 4.72. The zero-order valence-electron chi connectivity index (χ0n) is 6.94. The van der Waals surface area contributed by atoms with Gasteiger partial charge in [-0.25, -0.2) is 0 Å². The van der Waals surface area contributed by atoms with Crippen LogP contribution in [0.1, 0.15) is 39.5 Å². The molecule has 60 valence electrons. The van der Waals surface area contributed by atoms with E-state index < -0.39 is 0 Å². The van der Waals surface area contributed by atoms with Gasteiger partial charge >= 0.3 is 0 Å². The average molecular weight is 252 g/mol. The van der Waals surface area contributed by atoms with Crippen LogP contribution in [-0.2, 0) is 0 Å². The van der Waals surface area contributed by atoms with Gasteiger partial charge in [-0.05, 0) is 24.7 Å². The summed E-state index contributed by atoms with van der Waals surface area (Å²) in [7, 11) is 0. The van der Waals surface area contributed by atoms with Crippen molar-refractivity contribution in [3.63, 3.8) is 0 Å². The molecule has 1 saturated carbocycles. The molecule has 0 aromatic rings. The lowest BCUT2D eigenvalue weighted by molar-refractivity contribution is 0.289. The van der Waals surface area contributed by atoms with E-state index in [-0.39, 0.29) is 0 Å². The third-order valence-corrected chi connectivity index (χ3v) is 3.72. The first-order valence-electron chi connectivity index (χ1n) is 4.34. The number of alkyl halides is 1. The van der Waals surface area contributed by atoms with Crippen molar-refractivity contribution in [1.82, 2.24) is 0 Å². The Labute approximate surface area is 77.9 Å². The molecule has 0 aromatic carbocycles. The molecule has 0 saturated heterocycles. The molecule has 1 aliphatic rings. The zero-order chi connectivity index (χ0) is 7.56. The van der Waals surface area contributed by atoms with Gasteiger partial charge in [-0.15, -0.1) is 0 Å². The van der Waals surface area contributed by atoms with Gasteiger partial charge in [0.05, 0.1) is 0 Å². The van der Waals surface area contributed by atoms with E-state index in [1.807, 2.05) is 0 Å². The summed E-state index contributed by atoms with van der Waals surface area (Å²) in [4.78, 5) is 0. The van der Waals surface area contributed by atoms with Gasteiger partial charge in [0.2, 0.25) is 0 Å². The third-order valence-electron chi connectivity index (χ3n) is 2.59. The zero-order valence-corrected chi connectivity index (χ0v) is 9.10. The van der Waals surface area contributed by atoms with E-state index in [0.29, 0.717) is 0 Å². The monoisotopic (exact) mass is 252 g/mol. The normalized spacial score (nSPS) is 34.8. The number of hydrogen-bond donors (Lipinski definition) is 0. The molecule has 1 rings (SSSR count). The first-order valence-corrected chi connectivity index (χ1v) is 5.58. The average Bonchev–Trinajstić information content (AvgIpc) is 1.88. The van der Waals surface area contributed by atoms with Crippen LogP contribution < -0.4 is 0 Å². The van der Waals surface area contributed by atoms with Gasteiger partial charge in [0.15, 0.2) is 0 Å². The Hall–Kier alpha value is 0.730. The lowest BCUT2D eigenvalue weighted by Gasteiger charge is -2.28. The maximum absolute atomic E-state index is 2.61. The number of hydrogen-bond acceptors (Lipinski definition) is 0. The van der Waals surface area contributed by atoms with E-state index in [1.165, 1.54) is 25.7 Å². The molecule has 1 aliphatic carbocycles. The Morgan fingerprint density at radius 2 is 2.00 bits per heavy atom. The van der Waals surface area contributed by atoms with Crippen molar-refractivity contribution in [1.29, 1.82) is 0 Å². The van der Waals surface area contributed by atoms with Gasteiger partial charge in [-0.1, -0.05) is 49.3 Å². The van der Waals surface area contributed by atoms with E-state index in [4.69, 9.17) is 0 Å². The van der Waals surface area contributed by atoms with Crippen LogP contribution in [0.2, 0.25) is 0 Å². The molecule has 10 heavy (non-hydrogen) atoms. The molecule has 1 fully saturated rings. The molecular formula is C9H17I. The highest BCUT2D eigenvalue weighted by Gasteiger charge is 2.21. The highest BCUT2D eigenvalue weighted by atomic mass is 127. The van der Waals surface area contributed by atoms with Crippen LogP contribution in [0.4, 0.5) is 0 Å². The predicted molar refractivity (Wildman–Crippen MR) is 54.6 cm³/mol. The maximum atomic E-state index is 2.61. The molecule has 0 aromatic heterocycles. The Morgan fingerprint density at radius 3 is 2.40 bits per heavy atom. The minimum Gasteiger partial charge on any atom is -0.0826 e. The Bertz CT molecular complexity index is 98.9. The number of halogens is 1. The molecule has 0 aliphatic heterocycles. The van der Waals surface area contributed by atoms with E-state index in [9.17, 15) is 0 Å². The van der Waals surface area contributed by atoms with E-state index >= 15 is 0 Å². The molecule has 0 heterocycles. The Kier molecular flexibility index (Phi) is 3.47. The van der Waals surface area contributed by atoms with Gasteiger partial charge in [-0.2, -0.15) is 0 Å². The first-order chi connectivity index (χ1) is 4.70. The summed E-state index contributed by atoms with van der Waals surface area (Å²) < 4.78 is 0.971. The van der Waals surface area contributed by atoms with Gasteiger partial charge in [0.1, 0.15) is 0 Å². The van der Waals surface area contributed by atoms with Crippen molar-refractivity contribution >= 4 is 22.6 Å². The van der Waals surface area contributed by atoms with Gasteiger partial charge in [-0.3, -0.25) is 0 Å². The molecule has 1 heteroatoms. The Balaban J connectivity index is 2.32. The predicted octanol–water partition coefficient (Wildman–Crippen LogP) is 3.64. The van der Waals surface area contributed by atoms with Gasteiger partial charge in [0.25, 0.3) is 0 Å². The van der Waals surface area contributed by atoms with Crippen molar-refractivity contribution in [2.75, 3.05) is 0 Å². The third kappa shape index (κ3) is 2.40. The summed E-state index contributed by atoms with van der Waals surface area (Å²) in [6.07, 6.45) is 5.88. The molecule has 0 spiro atoms. The second-order valence-corrected chi connectivity index (χ2v) is 5.53. The topological polar surface area (TPSA) is 0 Å². The van der Waals surface area contributed by atoms with Crippen molar-refractivity contribution in [2.45, 2.75) is 43.5 Å². The quantitative estimate of drug-likeness (QED) is 0.493. The second kappa shape index (κ2) is 3.93. The molecule has 0 amide bonds. The van der Waals surface area contributed by atoms with Crippen LogP contribution in [0.25, 0.3) is 0 Å². The lowest BCUT2D eigenvalue weighted by Crippen LogP contribution is -2.19. The minimum absolute atomic E-state index is 0.914. The van der Waals surface area contributed by atoms with Crippen molar-refractivity contribution in [3.8, 4) is 0 Å². The standard InChI is InChI=1S/C9H17I/c1-7(2)8-4-3-5-9(10)6-8/h7-9H,3-6H2,1-2H3/t8-,9-/m0/s1. The second-order valence-electron chi connectivity index (χ2n) is 3.77. The van der Waals surface area contributed by atoms with Crippen LogP contribution in [-0.4, -0.2) is 3.92 Å². The van der Waals surface area contributed by atoms with Crippen molar-refractivity contribution < 1.29 is 0 Å². The molecular weight excluding hydrogens is 235 g/mol. The molecule has 0 N–H and O–H groups in total. The van der Waals surface area contributed by atoms with Gasteiger partial charge < -0.3 is 0 Å². The summed E-state index contributed by atoms with van der Waals surface area (Å²) in [6, 6.07) is 0. The van der Waals surface area contributed by atoms with Crippen LogP contribution in [0.5, 0.6) is 0 Å². The van der Waals surface area contributed by atoms with Crippen LogP contribution in [0, 0.1) is 11.8 Å². The summed E-state index contributed by atoms with van der Waals surface area (Å²) in [5.74, 6) is 1.94. The van der Waals surface area contributed by atoms with Gasteiger partial charge in [0, 0.05) is 3.92 Å². The summed E-state index contributed by atoms with van der Waals surface area (Å²) >= 11 is 2.61. The van der Waals surface area contributed by atoms with Crippen LogP contribution >= 0.6 is 22.6 Å². The largest absolute Gasteiger partial charge is 0.0826 e. The fourth-order valence-corrected chi connectivity index (χ4v) is 2.86.